The Bertz CT molecular complexity index is 266. The van der Waals surface area contributed by atoms with Crippen molar-refractivity contribution in [2.75, 3.05) is 0 Å². The summed E-state index contributed by atoms with van der Waals surface area (Å²) in [6.07, 6.45) is 6.99. The summed E-state index contributed by atoms with van der Waals surface area (Å²) in [7, 11) is -1.26. The SMILES string of the molecule is CCCC/C(C=O)=C1/CCC(C)[Si]1(C)C. The van der Waals surface area contributed by atoms with E-state index in [1.54, 1.807) is 5.20 Å². The van der Waals surface area contributed by atoms with Crippen LogP contribution in [0.4, 0.5) is 0 Å². The Hall–Kier alpha value is -0.373. The van der Waals surface area contributed by atoms with Crippen molar-refractivity contribution in [2.45, 2.75) is 64.6 Å². The molecule has 86 valence electrons. The zero-order valence-electron chi connectivity index (χ0n) is 10.6. The van der Waals surface area contributed by atoms with Gasteiger partial charge in [-0.25, -0.2) is 0 Å². The van der Waals surface area contributed by atoms with Crippen molar-refractivity contribution in [3.05, 3.63) is 10.8 Å². The maximum Gasteiger partial charge on any atom is 0.145 e. The van der Waals surface area contributed by atoms with Crippen molar-refractivity contribution >= 4 is 14.4 Å². The van der Waals surface area contributed by atoms with Gasteiger partial charge in [0.2, 0.25) is 0 Å². The Morgan fingerprint density at radius 1 is 1.53 bits per heavy atom. The molecule has 0 amide bonds. The molecule has 0 aromatic carbocycles. The average Bonchev–Trinajstić information content (AvgIpc) is 2.45. The molecule has 0 spiro atoms. The first kappa shape index (κ1) is 12.7. The zero-order valence-corrected chi connectivity index (χ0v) is 11.6. The summed E-state index contributed by atoms with van der Waals surface area (Å²) in [6.45, 7) is 9.40. The van der Waals surface area contributed by atoms with Crippen LogP contribution in [0.3, 0.4) is 0 Å². The molecule has 1 fully saturated rings. The molecule has 2 heteroatoms. The molecule has 1 saturated heterocycles. The van der Waals surface area contributed by atoms with Crippen molar-refractivity contribution in [3.63, 3.8) is 0 Å². The monoisotopic (exact) mass is 224 g/mol. The molecular formula is C13H24OSi. The Morgan fingerprint density at radius 3 is 2.60 bits per heavy atom. The van der Waals surface area contributed by atoms with Gasteiger partial charge in [0.1, 0.15) is 6.29 Å². The van der Waals surface area contributed by atoms with E-state index in [9.17, 15) is 4.79 Å². The Labute approximate surface area is 95.0 Å². The number of rotatable bonds is 4. The number of hydrogen-bond donors (Lipinski definition) is 0. The van der Waals surface area contributed by atoms with Crippen LogP contribution in [-0.2, 0) is 4.79 Å². The first-order chi connectivity index (χ1) is 7.04. The van der Waals surface area contributed by atoms with E-state index in [-0.39, 0.29) is 0 Å². The van der Waals surface area contributed by atoms with Crippen LogP contribution >= 0.6 is 0 Å². The maximum atomic E-state index is 11.2. The fourth-order valence-corrected chi connectivity index (χ4v) is 5.82. The molecule has 1 atom stereocenters. The van der Waals surface area contributed by atoms with Gasteiger partial charge >= 0.3 is 0 Å². The van der Waals surface area contributed by atoms with Crippen LogP contribution in [0, 0.1) is 0 Å². The number of hydrogen-bond acceptors (Lipinski definition) is 1. The minimum absolute atomic E-state index is 0.851. The third-order valence-electron chi connectivity index (χ3n) is 4.17. The molecular weight excluding hydrogens is 200 g/mol. The summed E-state index contributed by atoms with van der Waals surface area (Å²) >= 11 is 0. The molecule has 15 heavy (non-hydrogen) atoms. The van der Waals surface area contributed by atoms with Crippen molar-refractivity contribution < 1.29 is 4.79 Å². The van der Waals surface area contributed by atoms with Gasteiger partial charge in [-0.3, -0.25) is 4.79 Å². The van der Waals surface area contributed by atoms with Crippen LogP contribution in [0.5, 0.6) is 0 Å². The topological polar surface area (TPSA) is 17.1 Å². The highest BCUT2D eigenvalue weighted by atomic mass is 28.3. The highest BCUT2D eigenvalue weighted by molar-refractivity contribution is 6.86. The van der Waals surface area contributed by atoms with E-state index in [4.69, 9.17) is 0 Å². The largest absolute Gasteiger partial charge is 0.298 e. The van der Waals surface area contributed by atoms with Crippen molar-refractivity contribution in [1.82, 2.24) is 0 Å². The van der Waals surface area contributed by atoms with Crippen LogP contribution < -0.4 is 0 Å². The lowest BCUT2D eigenvalue weighted by Crippen LogP contribution is -2.29. The van der Waals surface area contributed by atoms with Crippen LogP contribution in [0.1, 0.15) is 46.0 Å². The van der Waals surface area contributed by atoms with E-state index < -0.39 is 8.07 Å². The second-order valence-corrected chi connectivity index (χ2v) is 10.4. The van der Waals surface area contributed by atoms with Gasteiger partial charge in [0.05, 0.1) is 8.07 Å². The lowest BCUT2D eigenvalue weighted by molar-refractivity contribution is -0.105. The fraction of sp³-hybridized carbons (Fsp3) is 0.769. The molecule has 0 aliphatic carbocycles. The molecule has 1 unspecified atom stereocenters. The number of carbonyl (C=O) groups excluding carboxylic acids is 1. The van der Waals surface area contributed by atoms with Crippen LogP contribution in [0.2, 0.25) is 18.6 Å². The molecule has 0 aromatic rings. The lowest BCUT2D eigenvalue weighted by Gasteiger charge is -2.24. The fourth-order valence-electron chi connectivity index (χ4n) is 2.56. The van der Waals surface area contributed by atoms with Crippen molar-refractivity contribution in [1.29, 1.82) is 0 Å². The summed E-state index contributed by atoms with van der Waals surface area (Å²) in [5.41, 5.74) is 2.00. The van der Waals surface area contributed by atoms with Crippen molar-refractivity contribution in [2.24, 2.45) is 0 Å². The molecule has 1 aliphatic heterocycles. The summed E-state index contributed by atoms with van der Waals surface area (Å²) in [5, 5.41) is 1.57. The average molecular weight is 224 g/mol. The van der Waals surface area contributed by atoms with Crippen LogP contribution in [0.25, 0.3) is 0 Å². The number of allylic oxidation sites excluding steroid dienone is 2. The Morgan fingerprint density at radius 2 is 2.20 bits per heavy atom. The lowest BCUT2D eigenvalue weighted by atomic mass is 10.1. The van der Waals surface area contributed by atoms with Gasteiger partial charge in [-0.15, -0.1) is 0 Å². The van der Waals surface area contributed by atoms with E-state index in [0.29, 0.717) is 0 Å². The summed E-state index contributed by atoms with van der Waals surface area (Å²) in [5.74, 6) is 0. The van der Waals surface area contributed by atoms with Gasteiger partial charge in [-0.05, 0) is 36.8 Å². The maximum absolute atomic E-state index is 11.2. The van der Waals surface area contributed by atoms with Gasteiger partial charge in [0.15, 0.2) is 0 Å². The highest BCUT2D eigenvalue weighted by Gasteiger charge is 2.39. The highest BCUT2D eigenvalue weighted by Crippen LogP contribution is 2.43. The predicted molar refractivity (Wildman–Crippen MR) is 68.8 cm³/mol. The van der Waals surface area contributed by atoms with Gasteiger partial charge < -0.3 is 0 Å². The summed E-state index contributed by atoms with van der Waals surface area (Å²) in [4.78, 5) is 11.2. The van der Waals surface area contributed by atoms with Gasteiger partial charge in [0, 0.05) is 0 Å². The molecule has 0 radical (unpaired) electrons. The van der Waals surface area contributed by atoms with E-state index in [0.717, 1.165) is 30.2 Å². The van der Waals surface area contributed by atoms with E-state index in [1.165, 1.54) is 19.3 Å². The molecule has 0 bridgehead atoms. The van der Waals surface area contributed by atoms with Gasteiger partial charge in [-0.1, -0.05) is 38.6 Å². The minimum Gasteiger partial charge on any atom is -0.298 e. The van der Waals surface area contributed by atoms with E-state index >= 15 is 0 Å². The standard InChI is InChI=1S/C13H24OSi/c1-5-6-7-12(10-14)13-9-8-11(2)15(13,3)4/h10-11H,5-9H2,1-4H3/b13-12+. The van der Waals surface area contributed by atoms with Crippen LogP contribution in [0.15, 0.2) is 10.8 Å². The zero-order chi connectivity index (χ0) is 11.5. The number of aldehydes is 1. The molecule has 1 rings (SSSR count). The summed E-state index contributed by atoms with van der Waals surface area (Å²) in [6, 6.07) is 0. The van der Waals surface area contributed by atoms with Crippen molar-refractivity contribution in [3.8, 4) is 0 Å². The van der Waals surface area contributed by atoms with E-state index in [2.05, 4.69) is 26.9 Å². The van der Waals surface area contributed by atoms with Gasteiger partial charge in [-0.2, -0.15) is 0 Å². The number of unbranched alkanes of at least 4 members (excludes halogenated alkanes) is 1. The Balaban J connectivity index is 2.90. The second-order valence-electron chi connectivity index (χ2n) is 5.39. The first-order valence-electron chi connectivity index (χ1n) is 6.21. The smallest absolute Gasteiger partial charge is 0.145 e. The molecule has 1 aliphatic rings. The Kier molecular flexibility index (Phi) is 4.32. The minimum atomic E-state index is -1.26. The van der Waals surface area contributed by atoms with E-state index in [1.807, 2.05) is 0 Å². The summed E-state index contributed by atoms with van der Waals surface area (Å²) < 4.78 is 0. The number of carbonyl (C=O) groups is 1. The first-order valence-corrected chi connectivity index (χ1v) is 9.29. The third kappa shape index (κ3) is 2.60. The predicted octanol–water partition coefficient (Wildman–Crippen LogP) is 4.10. The normalized spacial score (nSPS) is 27.9. The second kappa shape index (κ2) is 5.11. The molecule has 0 aromatic heterocycles. The quantitative estimate of drug-likeness (QED) is 0.399. The molecule has 1 nitrogen and oxygen atoms in total. The van der Waals surface area contributed by atoms with Gasteiger partial charge in [0.25, 0.3) is 0 Å². The molecule has 1 heterocycles. The molecule has 0 N–H and O–H groups in total. The van der Waals surface area contributed by atoms with Crippen LogP contribution in [-0.4, -0.2) is 14.4 Å². The third-order valence-corrected chi connectivity index (χ3v) is 9.05. The molecule has 0 saturated carbocycles.